The van der Waals surface area contributed by atoms with Crippen molar-refractivity contribution in [3.8, 4) is 0 Å². The van der Waals surface area contributed by atoms with Crippen LogP contribution in [0.3, 0.4) is 0 Å². The summed E-state index contributed by atoms with van der Waals surface area (Å²) < 4.78 is 0. The van der Waals surface area contributed by atoms with Crippen molar-refractivity contribution in [2.45, 2.75) is 58.0 Å². The number of fused-ring (bicyclic) bond motifs is 1. The number of piperidine rings is 1. The molecule has 4 rings (SSSR count). The highest BCUT2D eigenvalue weighted by molar-refractivity contribution is 6.22. The van der Waals surface area contributed by atoms with Gasteiger partial charge in [0, 0.05) is 19.6 Å². The topological polar surface area (TPSA) is 98.8 Å². The lowest BCUT2D eigenvalue weighted by molar-refractivity contribution is -0.137. The number of imide groups is 1. The average Bonchev–Trinajstić information content (AvgIpc) is 3.44. The lowest BCUT2D eigenvalue weighted by Crippen LogP contribution is -2.54. The number of nitrogens with one attached hydrogen (secondary N) is 2. The highest BCUT2D eigenvalue weighted by Gasteiger charge is 2.44. The summed E-state index contributed by atoms with van der Waals surface area (Å²) in [5.74, 6) is -0.623. The van der Waals surface area contributed by atoms with Crippen LogP contribution < -0.4 is 10.6 Å². The van der Waals surface area contributed by atoms with Crippen LogP contribution >= 0.6 is 0 Å². The van der Waals surface area contributed by atoms with Crippen LogP contribution in [0.4, 0.5) is 0 Å². The predicted molar refractivity (Wildman–Crippen MR) is 124 cm³/mol. The molecular formula is C25H34N4O4. The highest BCUT2D eigenvalue weighted by atomic mass is 16.2. The summed E-state index contributed by atoms with van der Waals surface area (Å²) in [7, 11) is 0. The molecule has 0 aliphatic carbocycles. The third-order valence-electron chi connectivity index (χ3n) is 6.89. The number of benzene rings is 1. The molecule has 0 saturated carbocycles. The smallest absolute Gasteiger partial charge is 0.262 e. The Hall–Kier alpha value is -2.74. The Kier molecular flexibility index (Phi) is 7.12. The summed E-state index contributed by atoms with van der Waals surface area (Å²) in [6.45, 7) is 6.51. The Morgan fingerprint density at radius 1 is 1.09 bits per heavy atom. The fourth-order valence-electron chi connectivity index (χ4n) is 5.17. The van der Waals surface area contributed by atoms with Crippen LogP contribution in [-0.4, -0.2) is 71.7 Å². The largest absolute Gasteiger partial charge is 0.354 e. The summed E-state index contributed by atoms with van der Waals surface area (Å²) in [6.07, 6.45) is 4.07. The van der Waals surface area contributed by atoms with E-state index in [-0.39, 0.29) is 41.5 Å². The minimum atomic E-state index is -0.812. The van der Waals surface area contributed by atoms with Crippen LogP contribution in [0.15, 0.2) is 24.3 Å². The van der Waals surface area contributed by atoms with Gasteiger partial charge in [-0.3, -0.25) is 24.1 Å². The summed E-state index contributed by atoms with van der Waals surface area (Å²) in [4.78, 5) is 55.1. The first-order valence-electron chi connectivity index (χ1n) is 12.1. The number of carbonyl (C=O) groups is 4. The van der Waals surface area contributed by atoms with Gasteiger partial charge < -0.3 is 15.5 Å². The van der Waals surface area contributed by atoms with Crippen LogP contribution in [0.25, 0.3) is 0 Å². The Balaban J connectivity index is 1.44. The van der Waals surface area contributed by atoms with Crippen LogP contribution in [-0.2, 0) is 9.59 Å². The molecule has 3 aliphatic rings. The summed E-state index contributed by atoms with van der Waals surface area (Å²) >= 11 is 0. The van der Waals surface area contributed by atoms with E-state index in [1.54, 1.807) is 29.2 Å². The molecule has 0 spiro atoms. The number of likely N-dealkylation sites (tertiary alicyclic amines) is 1. The Labute approximate surface area is 195 Å². The maximum Gasteiger partial charge on any atom is 0.262 e. The standard InChI is InChI=1S/C25H34N4O4/c1-16(2)13-21(29-23(31)18-8-3-4-9-19(18)24(29)32)25(33)28-12-6-7-17(15-28)14-27-22(30)20-10-5-11-26-20/h3-4,8-9,16-17,20-21,26H,5-7,10-15H2,1-2H3,(H,27,30). The van der Waals surface area contributed by atoms with Gasteiger partial charge in [-0.1, -0.05) is 26.0 Å². The number of carbonyl (C=O) groups excluding carboxylic acids is 4. The fourth-order valence-corrected chi connectivity index (χ4v) is 5.17. The van der Waals surface area contributed by atoms with E-state index < -0.39 is 6.04 Å². The average molecular weight is 455 g/mol. The second-order valence-corrected chi connectivity index (χ2v) is 9.86. The molecule has 1 aromatic carbocycles. The lowest BCUT2D eigenvalue weighted by atomic mass is 9.95. The predicted octanol–water partition coefficient (Wildman–Crippen LogP) is 1.80. The molecule has 0 radical (unpaired) electrons. The van der Waals surface area contributed by atoms with Gasteiger partial charge in [-0.2, -0.15) is 0 Å². The van der Waals surface area contributed by atoms with Gasteiger partial charge in [0.15, 0.2) is 0 Å². The second-order valence-electron chi connectivity index (χ2n) is 9.86. The van der Waals surface area contributed by atoms with Crippen LogP contribution in [0, 0.1) is 11.8 Å². The minimum Gasteiger partial charge on any atom is -0.354 e. The van der Waals surface area contributed by atoms with Crippen molar-refractivity contribution in [1.29, 1.82) is 0 Å². The summed E-state index contributed by atoms with van der Waals surface area (Å²) in [5, 5.41) is 6.24. The number of amides is 4. The summed E-state index contributed by atoms with van der Waals surface area (Å²) in [6, 6.07) is 5.83. The molecule has 178 valence electrons. The quantitative estimate of drug-likeness (QED) is 0.612. The van der Waals surface area contributed by atoms with Gasteiger partial charge >= 0.3 is 0 Å². The van der Waals surface area contributed by atoms with Crippen molar-refractivity contribution in [3.05, 3.63) is 35.4 Å². The Morgan fingerprint density at radius 2 is 1.79 bits per heavy atom. The maximum atomic E-state index is 13.6. The van der Waals surface area contributed by atoms with Crippen LogP contribution in [0.5, 0.6) is 0 Å². The van der Waals surface area contributed by atoms with Gasteiger partial charge in [0.25, 0.3) is 11.8 Å². The second kappa shape index (κ2) is 10.0. The molecule has 2 N–H and O–H groups in total. The van der Waals surface area contributed by atoms with Crippen LogP contribution in [0.2, 0.25) is 0 Å². The summed E-state index contributed by atoms with van der Waals surface area (Å²) in [5.41, 5.74) is 0.729. The van der Waals surface area contributed by atoms with Gasteiger partial charge in [0.1, 0.15) is 6.04 Å². The molecule has 4 amide bonds. The zero-order valence-corrected chi connectivity index (χ0v) is 19.5. The van der Waals surface area contributed by atoms with E-state index in [4.69, 9.17) is 0 Å². The number of rotatable bonds is 7. The van der Waals surface area contributed by atoms with Gasteiger partial charge in [-0.25, -0.2) is 0 Å². The van der Waals surface area contributed by atoms with Crippen molar-refractivity contribution >= 4 is 23.6 Å². The van der Waals surface area contributed by atoms with Crippen molar-refractivity contribution < 1.29 is 19.2 Å². The molecule has 1 aromatic rings. The molecule has 3 aliphatic heterocycles. The van der Waals surface area contributed by atoms with E-state index in [1.807, 2.05) is 13.8 Å². The van der Waals surface area contributed by atoms with E-state index in [0.717, 1.165) is 32.2 Å². The first-order chi connectivity index (χ1) is 15.9. The molecule has 2 fully saturated rings. The van der Waals surface area contributed by atoms with Gasteiger partial charge in [0.05, 0.1) is 17.2 Å². The van der Waals surface area contributed by atoms with E-state index >= 15 is 0 Å². The van der Waals surface area contributed by atoms with Gasteiger partial charge in [-0.05, 0) is 62.6 Å². The molecule has 8 nitrogen and oxygen atoms in total. The number of hydrogen-bond acceptors (Lipinski definition) is 5. The normalized spacial score (nSPS) is 23.7. The SMILES string of the molecule is CC(C)CC(C(=O)N1CCCC(CNC(=O)C2CCCN2)C1)N1C(=O)c2ccccc2C1=O. The minimum absolute atomic E-state index is 0.0275. The molecule has 33 heavy (non-hydrogen) atoms. The lowest BCUT2D eigenvalue weighted by Gasteiger charge is -2.37. The van der Waals surface area contributed by atoms with Crippen molar-refractivity contribution in [3.63, 3.8) is 0 Å². The molecule has 8 heteroatoms. The maximum absolute atomic E-state index is 13.6. The number of hydrogen-bond donors (Lipinski definition) is 2. The molecule has 2 saturated heterocycles. The van der Waals surface area contributed by atoms with E-state index in [9.17, 15) is 19.2 Å². The first kappa shape index (κ1) is 23.4. The molecular weight excluding hydrogens is 420 g/mol. The molecule has 0 bridgehead atoms. The van der Waals surface area contributed by atoms with Crippen molar-refractivity contribution in [2.75, 3.05) is 26.2 Å². The fraction of sp³-hybridized carbons (Fsp3) is 0.600. The van der Waals surface area contributed by atoms with E-state index in [0.29, 0.717) is 37.2 Å². The Bertz CT molecular complexity index is 890. The molecule has 3 heterocycles. The first-order valence-corrected chi connectivity index (χ1v) is 12.1. The van der Waals surface area contributed by atoms with E-state index in [2.05, 4.69) is 10.6 Å². The number of nitrogens with zero attached hydrogens (tertiary/aromatic N) is 2. The highest BCUT2D eigenvalue weighted by Crippen LogP contribution is 2.29. The zero-order valence-electron chi connectivity index (χ0n) is 19.5. The Morgan fingerprint density at radius 3 is 2.39 bits per heavy atom. The monoisotopic (exact) mass is 454 g/mol. The zero-order chi connectivity index (χ0) is 23.5. The third kappa shape index (κ3) is 4.95. The van der Waals surface area contributed by atoms with Crippen LogP contribution in [0.1, 0.15) is 66.7 Å². The molecule has 3 atom stereocenters. The van der Waals surface area contributed by atoms with Gasteiger partial charge in [0.2, 0.25) is 11.8 Å². The molecule has 0 aromatic heterocycles. The van der Waals surface area contributed by atoms with Gasteiger partial charge in [-0.15, -0.1) is 0 Å². The third-order valence-corrected chi connectivity index (χ3v) is 6.89. The van der Waals surface area contributed by atoms with Crippen molar-refractivity contribution in [1.82, 2.24) is 20.4 Å². The van der Waals surface area contributed by atoms with E-state index in [1.165, 1.54) is 4.90 Å². The molecule has 3 unspecified atom stereocenters. The van der Waals surface area contributed by atoms with Crippen molar-refractivity contribution in [2.24, 2.45) is 11.8 Å².